The van der Waals surface area contributed by atoms with E-state index in [4.69, 9.17) is 9.47 Å². The lowest BCUT2D eigenvalue weighted by Gasteiger charge is -2.04. The molecule has 0 rings (SSSR count). The van der Waals surface area contributed by atoms with Crippen LogP contribution in [0, 0.1) is 0 Å². The summed E-state index contributed by atoms with van der Waals surface area (Å²) in [5.74, 6) is 2.20. The topological polar surface area (TPSA) is 18.5 Å². The fourth-order valence-corrected chi connectivity index (χ4v) is 1.71. The van der Waals surface area contributed by atoms with E-state index in [0.717, 1.165) is 37.9 Å². The first-order chi connectivity index (χ1) is 7.41. The summed E-state index contributed by atoms with van der Waals surface area (Å²) in [5, 5.41) is 0. The van der Waals surface area contributed by atoms with Gasteiger partial charge in [-0.1, -0.05) is 26.7 Å². The molecule has 92 valence electrons. The van der Waals surface area contributed by atoms with Gasteiger partial charge in [-0.25, -0.2) is 0 Å². The fraction of sp³-hybridized carbons (Fsp3) is 1.00. The molecular weight excluding hydrogens is 208 g/mol. The van der Waals surface area contributed by atoms with Crippen LogP contribution in [0.15, 0.2) is 0 Å². The van der Waals surface area contributed by atoms with Crippen molar-refractivity contribution in [3.63, 3.8) is 0 Å². The van der Waals surface area contributed by atoms with E-state index in [9.17, 15) is 0 Å². The third kappa shape index (κ3) is 14.3. The van der Waals surface area contributed by atoms with E-state index in [1.165, 1.54) is 25.7 Å². The number of rotatable bonds is 12. The van der Waals surface area contributed by atoms with Crippen molar-refractivity contribution < 1.29 is 9.47 Å². The molecule has 0 aliphatic heterocycles. The van der Waals surface area contributed by atoms with Gasteiger partial charge < -0.3 is 9.47 Å². The van der Waals surface area contributed by atoms with Gasteiger partial charge in [0.15, 0.2) is 0 Å². The molecule has 0 fully saturated rings. The van der Waals surface area contributed by atoms with E-state index in [0.29, 0.717) is 0 Å². The Kier molecular flexibility index (Phi) is 14.5. The molecule has 0 radical (unpaired) electrons. The first-order valence-electron chi connectivity index (χ1n) is 6.15. The first-order valence-corrected chi connectivity index (χ1v) is 7.30. The van der Waals surface area contributed by atoms with Crippen LogP contribution in [-0.2, 0) is 9.47 Å². The van der Waals surface area contributed by atoms with Crippen LogP contribution in [0.5, 0.6) is 0 Å². The largest absolute Gasteiger partial charge is 0.381 e. The molecule has 0 heterocycles. The second-order valence-electron chi connectivity index (χ2n) is 3.54. The zero-order valence-electron chi connectivity index (χ0n) is 10.3. The molecular formula is C12H26O2S. The molecule has 0 aliphatic rings. The Labute approximate surface area is 99.1 Å². The monoisotopic (exact) mass is 234 g/mol. The maximum Gasteiger partial charge on any atom is 0.0556 e. The van der Waals surface area contributed by atoms with Gasteiger partial charge in [0, 0.05) is 24.7 Å². The SMILES string of the molecule is CCCCOCCSCCOCCCC. The molecule has 2 nitrogen and oxygen atoms in total. The Bertz CT molecular complexity index is 97.8. The summed E-state index contributed by atoms with van der Waals surface area (Å²) in [4.78, 5) is 0. The summed E-state index contributed by atoms with van der Waals surface area (Å²) in [6.07, 6.45) is 4.81. The molecule has 0 saturated carbocycles. The minimum atomic E-state index is 0.889. The van der Waals surface area contributed by atoms with Crippen molar-refractivity contribution in [2.45, 2.75) is 39.5 Å². The number of hydrogen-bond acceptors (Lipinski definition) is 3. The summed E-state index contributed by atoms with van der Waals surface area (Å²) in [6.45, 7) is 7.99. The minimum absolute atomic E-state index is 0.889. The molecule has 0 atom stereocenters. The first kappa shape index (κ1) is 15.3. The lowest BCUT2D eigenvalue weighted by Crippen LogP contribution is -2.03. The number of thioether (sulfide) groups is 1. The summed E-state index contributed by atoms with van der Waals surface area (Å²) in [6, 6.07) is 0. The lowest BCUT2D eigenvalue weighted by atomic mass is 10.4. The van der Waals surface area contributed by atoms with Crippen LogP contribution < -0.4 is 0 Å². The second kappa shape index (κ2) is 14.3. The molecule has 15 heavy (non-hydrogen) atoms. The Morgan fingerprint density at radius 2 is 1.20 bits per heavy atom. The highest BCUT2D eigenvalue weighted by molar-refractivity contribution is 7.99. The van der Waals surface area contributed by atoms with E-state index < -0.39 is 0 Å². The van der Waals surface area contributed by atoms with Gasteiger partial charge in [-0.2, -0.15) is 11.8 Å². The van der Waals surface area contributed by atoms with Crippen molar-refractivity contribution >= 4 is 11.8 Å². The van der Waals surface area contributed by atoms with E-state index >= 15 is 0 Å². The third-order valence-electron chi connectivity index (χ3n) is 2.03. The normalized spacial score (nSPS) is 10.8. The number of hydrogen-bond donors (Lipinski definition) is 0. The lowest BCUT2D eigenvalue weighted by molar-refractivity contribution is 0.144. The van der Waals surface area contributed by atoms with Crippen LogP contribution in [0.1, 0.15) is 39.5 Å². The van der Waals surface area contributed by atoms with Crippen molar-refractivity contribution in [2.24, 2.45) is 0 Å². The second-order valence-corrected chi connectivity index (χ2v) is 4.77. The number of ether oxygens (including phenoxy) is 2. The van der Waals surface area contributed by atoms with Gasteiger partial charge in [0.2, 0.25) is 0 Å². The maximum atomic E-state index is 5.46. The Balaban J connectivity index is 2.81. The van der Waals surface area contributed by atoms with E-state index in [1.54, 1.807) is 0 Å². The van der Waals surface area contributed by atoms with E-state index in [2.05, 4.69) is 13.8 Å². The molecule has 0 amide bonds. The molecule has 0 aromatic carbocycles. The zero-order chi connectivity index (χ0) is 11.2. The standard InChI is InChI=1S/C12H26O2S/c1-3-5-7-13-9-11-15-12-10-14-8-6-4-2/h3-12H2,1-2H3. The molecule has 3 heteroatoms. The van der Waals surface area contributed by atoms with Crippen LogP contribution in [0.4, 0.5) is 0 Å². The van der Waals surface area contributed by atoms with E-state index in [-0.39, 0.29) is 0 Å². The van der Waals surface area contributed by atoms with Gasteiger partial charge in [-0.05, 0) is 12.8 Å². The Hall–Kier alpha value is 0.270. The van der Waals surface area contributed by atoms with Crippen molar-refractivity contribution in [2.75, 3.05) is 37.9 Å². The van der Waals surface area contributed by atoms with Gasteiger partial charge in [0.05, 0.1) is 13.2 Å². The molecule has 0 unspecified atom stereocenters. The van der Waals surface area contributed by atoms with Gasteiger partial charge in [-0.15, -0.1) is 0 Å². The minimum Gasteiger partial charge on any atom is -0.381 e. The summed E-state index contributed by atoms with van der Waals surface area (Å²) < 4.78 is 10.9. The van der Waals surface area contributed by atoms with Gasteiger partial charge in [0.1, 0.15) is 0 Å². The predicted molar refractivity (Wildman–Crippen MR) is 68.8 cm³/mol. The van der Waals surface area contributed by atoms with Gasteiger partial charge in [-0.3, -0.25) is 0 Å². The van der Waals surface area contributed by atoms with Crippen molar-refractivity contribution in [1.82, 2.24) is 0 Å². The average Bonchev–Trinajstić information content (AvgIpc) is 2.26. The van der Waals surface area contributed by atoms with Crippen molar-refractivity contribution in [3.8, 4) is 0 Å². The molecule has 0 aromatic rings. The molecule has 0 aliphatic carbocycles. The quantitative estimate of drug-likeness (QED) is 0.482. The summed E-state index contributed by atoms with van der Waals surface area (Å²) in [7, 11) is 0. The van der Waals surface area contributed by atoms with Crippen LogP contribution in [0.2, 0.25) is 0 Å². The molecule has 0 saturated heterocycles. The maximum absolute atomic E-state index is 5.46. The molecule has 0 spiro atoms. The van der Waals surface area contributed by atoms with Crippen molar-refractivity contribution in [3.05, 3.63) is 0 Å². The number of unbranched alkanes of at least 4 members (excludes halogenated alkanes) is 2. The zero-order valence-corrected chi connectivity index (χ0v) is 11.1. The fourth-order valence-electron chi connectivity index (χ4n) is 1.03. The highest BCUT2D eigenvalue weighted by Crippen LogP contribution is 2.00. The third-order valence-corrected chi connectivity index (χ3v) is 2.94. The summed E-state index contributed by atoms with van der Waals surface area (Å²) >= 11 is 1.92. The Morgan fingerprint density at radius 1 is 0.733 bits per heavy atom. The van der Waals surface area contributed by atoms with Gasteiger partial charge >= 0.3 is 0 Å². The van der Waals surface area contributed by atoms with Gasteiger partial charge in [0.25, 0.3) is 0 Å². The van der Waals surface area contributed by atoms with Crippen molar-refractivity contribution in [1.29, 1.82) is 0 Å². The summed E-state index contributed by atoms with van der Waals surface area (Å²) in [5.41, 5.74) is 0. The molecule has 0 N–H and O–H groups in total. The van der Waals surface area contributed by atoms with Crippen LogP contribution in [0.3, 0.4) is 0 Å². The van der Waals surface area contributed by atoms with Crippen LogP contribution in [0.25, 0.3) is 0 Å². The Morgan fingerprint density at radius 3 is 1.60 bits per heavy atom. The predicted octanol–water partition coefficient (Wildman–Crippen LogP) is 3.35. The van der Waals surface area contributed by atoms with Crippen LogP contribution in [-0.4, -0.2) is 37.9 Å². The highest BCUT2D eigenvalue weighted by atomic mass is 32.2. The smallest absolute Gasteiger partial charge is 0.0556 e. The molecule has 0 aromatic heterocycles. The average molecular weight is 234 g/mol. The van der Waals surface area contributed by atoms with E-state index in [1.807, 2.05) is 11.8 Å². The highest BCUT2D eigenvalue weighted by Gasteiger charge is 1.91. The molecule has 0 bridgehead atoms. The van der Waals surface area contributed by atoms with Crippen LogP contribution >= 0.6 is 11.8 Å².